The van der Waals surface area contributed by atoms with Crippen LogP contribution in [0.1, 0.15) is 81.6 Å². The molecule has 1 saturated heterocycles. The van der Waals surface area contributed by atoms with Crippen molar-refractivity contribution in [2.24, 2.45) is 0 Å². The summed E-state index contributed by atoms with van der Waals surface area (Å²) in [5.74, 6) is -3.20. The Bertz CT molecular complexity index is 1710. The van der Waals surface area contributed by atoms with Crippen molar-refractivity contribution >= 4 is 45.5 Å². The molecular weight excluding hydrogens is 819 g/mol. The molecule has 0 saturated carbocycles. The maximum Gasteiger partial charge on any atom is 0.326 e. The van der Waals surface area contributed by atoms with Crippen LogP contribution in [0.3, 0.4) is 0 Å². The maximum atomic E-state index is 13.5. The van der Waals surface area contributed by atoms with Gasteiger partial charge in [0.25, 0.3) is 5.69 Å². The topological polar surface area (TPSA) is 248 Å². The zero-order chi connectivity index (χ0) is 46.2. The van der Waals surface area contributed by atoms with E-state index >= 15 is 0 Å². The fraction of sp³-hybridized carbons (Fsp3) is 0.725. The van der Waals surface area contributed by atoms with Crippen LogP contribution in [0.15, 0.2) is 29.2 Å². The number of rotatable bonds is 18. The van der Waals surface area contributed by atoms with Gasteiger partial charge < -0.3 is 24.6 Å². The largest absolute Gasteiger partial charge is 0.480 e. The maximum absolute atomic E-state index is 13.5. The van der Waals surface area contributed by atoms with Crippen LogP contribution in [-0.4, -0.2) is 176 Å². The highest BCUT2D eigenvalue weighted by Crippen LogP contribution is 2.22. The third-order valence-corrected chi connectivity index (χ3v) is 10.3. The van der Waals surface area contributed by atoms with Gasteiger partial charge in [0.15, 0.2) is 4.90 Å². The summed E-state index contributed by atoms with van der Waals surface area (Å²) in [7, 11) is -4.22. The first kappa shape index (κ1) is 52.9. The van der Waals surface area contributed by atoms with Crippen LogP contribution in [0.25, 0.3) is 0 Å². The van der Waals surface area contributed by atoms with Gasteiger partial charge in [-0.1, -0.05) is 12.1 Å². The SMILES string of the molecule is CC(C)(C)OC(=O)CN1CCN(CC(=O)N[C@H](CCCCNS(=O)(=O)c2ccccc2[N+](=O)[O-])C(=O)O)CCN(CC(=O)OC(C)(C)C)CCN(CC(=O)OC(C)(C)C)CC1. The minimum absolute atomic E-state index is 0.0248. The number of hydrogen-bond acceptors (Lipinski definition) is 16. The van der Waals surface area contributed by atoms with E-state index in [1.54, 1.807) is 67.2 Å². The number of nitro groups is 1. The van der Waals surface area contributed by atoms with Crippen molar-refractivity contribution in [3.05, 3.63) is 34.4 Å². The number of esters is 3. The summed E-state index contributed by atoms with van der Waals surface area (Å²) in [5.41, 5.74) is -2.73. The number of para-hydroxylation sites is 1. The zero-order valence-corrected chi connectivity index (χ0v) is 38.0. The Kier molecular flexibility index (Phi) is 20.6. The van der Waals surface area contributed by atoms with E-state index < -0.39 is 78.2 Å². The third-order valence-electron chi connectivity index (χ3n) is 8.81. The molecule has 1 aromatic carbocycles. The molecule has 0 unspecified atom stereocenters. The number of carboxylic acids is 1. The molecule has 1 aromatic rings. The van der Waals surface area contributed by atoms with Crippen LogP contribution in [0.4, 0.5) is 5.69 Å². The van der Waals surface area contributed by atoms with E-state index in [2.05, 4.69) is 10.0 Å². The van der Waals surface area contributed by atoms with Crippen molar-refractivity contribution in [1.29, 1.82) is 0 Å². The zero-order valence-electron chi connectivity index (χ0n) is 37.2. The Morgan fingerprint density at radius 1 is 0.689 bits per heavy atom. The Morgan fingerprint density at radius 2 is 1.07 bits per heavy atom. The summed E-state index contributed by atoms with van der Waals surface area (Å²) >= 11 is 0. The summed E-state index contributed by atoms with van der Waals surface area (Å²) in [6, 6.07) is 3.62. The Morgan fingerprint density at radius 3 is 1.43 bits per heavy atom. The number of hydrogen-bond donors (Lipinski definition) is 3. The number of nitrogens with zero attached hydrogens (tertiary/aromatic N) is 5. The summed E-state index contributed by atoms with van der Waals surface area (Å²) < 4.78 is 44.5. The van der Waals surface area contributed by atoms with Crippen LogP contribution < -0.4 is 10.0 Å². The lowest BCUT2D eigenvalue weighted by molar-refractivity contribution is -0.387. The quantitative estimate of drug-likeness (QED) is 0.0626. The predicted molar refractivity (Wildman–Crippen MR) is 225 cm³/mol. The van der Waals surface area contributed by atoms with Gasteiger partial charge in [0.05, 0.1) is 31.1 Å². The molecule has 1 heterocycles. The number of carbonyl (C=O) groups excluding carboxylic acids is 4. The minimum Gasteiger partial charge on any atom is -0.480 e. The Balaban J connectivity index is 2.21. The number of aliphatic carboxylic acids is 1. The fourth-order valence-electron chi connectivity index (χ4n) is 6.17. The van der Waals surface area contributed by atoms with Gasteiger partial charge in [-0.15, -0.1) is 0 Å². The lowest BCUT2D eigenvalue weighted by Gasteiger charge is -2.34. The van der Waals surface area contributed by atoms with Gasteiger partial charge in [0.2, 0.25) is 15.9 Å². The first-order chi connectivity index (χ1) is 28.1. The summed E-state index contributed by atoms with van der Waals surface area (Å²) in [5, 5.41) is 23.8. The van der Waals surface area contributed by atoms with Crippen molar-refractivity contribution in [3.8, 4) is 0 Å². The predicted octanol–water partition coefficient (Wildman–Crippen LogP) is 1.86. The van der Waals surface area contributed by atoms with Crippen LogP contribution in [0.5, 0.6) is 0 Å². The number of nitro benzene ring substituents is 1. The number of carbonyl (C=O) groups is 5. The van der Waals surface area contributed by atoms with Gasteiger partial charge in [0.1, 0.15) is 22.8 Å². The molecule has 20 nitrogen and oxygen atoms in total. The number of benzene rings is 1. The van der Waals surface area contributed by atoms with E-state index in [-0.39, 0.29) is 65.1 Å². The van der Waals surface area contributed by atoms with E-state index in [4.69, 9.17) is 14.2 Å². The van der Waals surface area contributed by atoms with Crippen LogP contribution in [-0.2, 0) is 48.2 Å². The number of amides is 1. The molecule has 61 heavy (non-hydrogen) atoms. The Labute approximate surface area is 359 Å². The molecule has 1 aliphatic heterocycles. The standard InChI is InChI=1S/C40H67N7O13S/c1-38(2,3)58-34(49)27-44-20-18-43(19-21-45(28-35(50)59-39(4,5)6)23-25-46(24-22-44)29-36(51)60-40(7,8)9)26-33(48)42-30(37(52)53)14-12-13-17-41-61(56,57)32-16-11-10-15-31(32)47(54)55/h10-11,15-16,30,41H,12-14,17-29H2,1-9H3,(H,42,48)(H,52,53)/t30-/m1/s1. The highest BCUT2D eigenvalue weighted by Gasteiger charge is 2.28. The number of carboxylic acid groups (broad SMARTS) is 1. The van der Waals surface area contributed by atoms with Crippen molar-refractivity contribution in [2.45, 2.75) is 109 Å². The van der Waals surface area contributed by atoms with Crippen LogP contribution in [0.2, 0.25) is 0 Å². The number of unbranched alkanes of at least 4 members (excludes halogenated alkanes) is 1. The second kappa shape index (κ2) is 23.8. The average molecular weight is 886 g/mol. The third kappa shape index (κ3) is 22.4. The molecule has 1 amide bonds. The van der Waals surface area contributed by atoms with Crippen molar-refractivity contribution in [2.75, 3.05) is 85.1 Å². The summed E-state index contributed by atoms with van der Waals surface area (Å²) in [4.78, 5) is 82.0. The summed E-state index contributed by atoms with van der Waals surface area (Å²) in [6.45, 7) is 17.9. The van der Waals surface area contributed by atoms with E-state index in [0.717, 1.165) is 12.1 Å². The van der Waals surface area contributed by atoms with Gasteiger partial charge >= 0.3 is 23.9 Å². The molecule has 346 valence electrons. The molecule has 3 N–H and O–H groups in total. The average Bonchev–Trinajstić information content (AvgIpc) is 3.09. The molecular formula is C40H67N7O13S. The van der Waals surface area contributed by atoms with Gasteiger partial charge in [-0.2, -0.15) is 0 Å². The first-order valence-electron chi connectivity index (χ1n) is 20.4. The van der Waals surface area contributed by atoms with E-state index in [9.17, 15) is 47.6 Å². The molecule has 2 rings (SSSR count). The van der Waals surface area contributed by atoms with Gasteiger partial charge in [0, 0.05) is 65.0 Å². The normalized spacial score (nSPS) is 16.7. The number of sulfonamides is 1. The molecule has 0 spiro atoms. The molecule has 0 radical (unpaired) electrons. The highest BCUT2D eigenvalue weighted by molar-refractivity contribution is 7.89. The molecule has 1 fully saturated rings. The molecule has 0 aromatic heterocycles. The monoisotopic (exact) mass is 885 g/mol. The number of ether oxygens (including phenoxy) is 3. The first-order valence-corrected chi connectivity index (χ1v) is 21.9. The second-order valence-electron chi connectivity index (χ2n) is 17.9. The Hall–Kier alpha value is -4.28. The van der Waals surface area contributed by atoms with Crippen molar-refractivity contribution < 1.29 is 56.6 Å². The second-order valence-corrected chi connectivity index (χ2v) is 19.7. The highest BCUT2D eigenvalue weighted by atomic mass is 32.2. The minimum atomic E-state index is -4.22. The van der Waals surface area contributed by atoms with Crippen LogP contribution in [0, 0.1) is 10.1 Å². The van der Waals surface area contributed by atoms with E-state index in [0.29, 0.717) is 39.3 Å². The van der Waals surface area contributed by atoms with Gasteiger partial charge in [-0.3, -0.25) is 48.9 Å². The molecule has 21 heteroatoms. The van der Waals surface area contributed by atoms with Gasteiger partial charge in [-0.25, -0.2) is 17.9 Å². The fourth-order valence-corrected chi connectivity index (χ4v) is 7.42. The van der Waals surface area contributed by atoms with E-state index in [1.165, 1.54) is 12.1 Å². The molecule has 0 aliphatic carbocycles. The van der Waals surface area contributed by atoms with Crippen molar-refractivity contribution in [1.82, 2.24) is 29.6 Å². The summed E-state index contributed by atoms with van der Waals surface area (Å²) in [6.07, 6.45) is 0.355. The van der Waals surface area contributed by atoms with Crippen LogP contribution >= 0.6 is 0 Å². The molecule has 1 aliphatic rings. The lowest BCUT2D eigenvalue weighted by Crippen LogP contribution is -2.51. The van der Waals surface area contributed by atoms with E-state index in [1.807, 2.05) is 14.7 Å². The lowest BCUT2D eigenvalue weighted by atomic mass is 10.1. The molecule has 1 atom stereocenters. The smallest absolute Gasteiger partial charge is 0.326 e. The number of nitrogens with one attached hydrogen (secondary N) is 2. The van der Waals surface area contributed by atoms with Crippen molar-refractivity contribution in [3.63, 3.8) is 0 Å². The molecule has 0 bridgehead atoms. The van der Waals surface area contributed by atoms with Gasteiger partial charge in [-0.05, 0) is 87.6 Å².